The van der Waals surface area contributed by atoms with Crippen LogP contribution in [0.3, 0.4) is 0 Å². The molecule has 0 spiro atoms. The van der Waals surface area contributed by atoms with Crippen LogP contribution in [0.4, 0.5) is 0 Å². The molecule has 0 bridgehead atoms. The molecule has 2 unspecified atom stereocenters. The molecule has 4 saturated carbocycles. The molecule has 0 amide bonds. The maximum atomic E-state index is 13.4. The quantitative estimate of drug-likeness (QED) is 0.753. The Morgan fingerprint density at radius 2 is 1.72 bits per heavy atom. The molecule has 29 heavy (non-hydrogen) atoms. The second kappa shape index (κ2) is 6.50. The van der Waals surface area contributed by atoms with Gasteiger partial charge in [-0.1, -0.05) is 32.3 Å². The first-order valence-electron chi connectivity index (χ1n) is 11.8. The van der Waals surface area contributed by atoms with Gasteiger partial charge in [0.2, 0.25) is 0 Å². The predicted octanol–water partition coefficient (Wildman–Crippen LogP) is 4.24. The molecule has 1 N–H and O–H groups in total. The molecule has 0 aliphatic heterocycles. The van der Waals surface area contributed by atoms with Crippen LogP contribution in [0.5, 0.6) is 0 Å². The van der Waals surface area contributed by atoms with Crippen molar-refractivity contribution in [1.29, 1.82) is 0 Å². The lowest BCUT2D eigenvalue weighted by Crippen LogP contribution is -2.56. The molecule has 7 atom stereocenters. The number of aliphatic hydroxyl groups excluding tert-OH is 1. The van der Waals surface area contributed by atoms with E-state index in [1.165, 1.54) is 0 Å². The normalized spacial score (nSPS) is 48.7. The number of fused-ring (bicyclic) bond motifs is 5. The van der Waals surface area contributed by atoms with Gasteiger partial charge in [0.1, 0.15) is 5.78 Å². The summed E-state index contributed by atoms with van der Waals surface area (Å²) in [6.45, 7) is 4.61. The van der Waals surface area contributed by atoms with Gasteiger partial charge in [-0.05, 0) is 73.7 Å². The van der Waals surface area contributed by atoms with Gasteiger partial charge in [-0.15, -0.1) is 0 Å². The fraction of sp³-hybridized carbons (Fsp3) is 0.840. The van der Waals surface area contributed by atoms with Crippen LogP contribution < -0.4 is 0 Å². The molecule has 5 aliphatic carbocycles. The van der Waals surface area contributed by atoms with Gasteiger partial charge in [0, 0.05) is 19.4 Å². The van der Waals surface area contributed by atoms with Crippen molar-refractivity contribution in [3.63, 3.8) is 0 Å². The van der Waals surface area contributed by atoms with Gasteiger partial charge >= 0.3 is 0 Å². The number of carbonyl (C=O) groups is 2. The van der Waals surface area contributed by atoms with E-state index in [1.807, 2.05) is 6.08 Å². The van der Waals surface area contributed by atoms with E-state index >= 15 is 0 Å². The summed E-state index contributed by atoms with van der Waals surface area (Å²) in [5.74, 6) is 0.914. The van der Waals surface area contributed by atoms with E-state index in [2.05, 4.69) is 13.8 Å². The number of ether oxygens (including phenoxy) is 1. The van der Waals surface area contributed by atoms with E-state index in [1.54, 1.807) is 7.11 Å². The molecule has 0 aromatic rings. The first-order chi connectivity index (χ1) is 13.7. The standard InChI is InChI=1S/C25H36O4/c1-23-10-6-16(26)12-15(23)13-19(27)21-17(23)7-11-24(2)18(21)14-20(28)22(24)25(29-3)8-4-5-9-25/h13,16-18,21-22,26H,4-12,14H2,1-3H3/t16?,17-,18+,21-,22?,23+,24+/m1/s1. The zero-order chi connectivity index (χ0) is 20.6. The van der Waals surface area contributed by atoms with Gasteiger partial charge in [-0.2, -0.15) is 0 Å². The lowest BCUT2D eigenvalue weighted by molar-refractivity contribution is -0.151. The highest BCUT2D eigenvalue weighted by Crippen LogP contribution is 2.67. The average molecular weight is 401 g/mol. The minimum atomic E-state index is -0.314. The summed E-state index contributed by atoms with van der Waals surface area (Å²) in [7, 11) is 1.79. The molecule has 0 aromatic carbocycles. The van der Waals surface area contributed by atoms with Crippen LogP contribution in [0.2, 0.25) is 0 Å². The van der Waals surface area contributed by atoms with Crippen LogP contribution in [0.1, 0.15) is 78.1 Å². The third-order valence-electron chi connectivity index (χ3n) is 10.1. The van der Waals surface area contributed by atoms with Gasteiger partial charge in [0.15, 0.2) is 5.78 Å². The van der Waals surface area contributed by atoms with E-state index in [-0.39, 0.29) is 46.1 Å². The molecule has 0 heterocycles. The van der Waals surface area contributed by atoms with Gasteiger partial charge in [-0.25, -0.2) is 0 Å². The van der Waals surface area contributed by atoms with Crippen molar-refractivity contribution in [1.82, 2.24) is 0 Å². The zero-order valence-electron chi connectivity index (χ0n) is 18.2. The number of methoxy groups -OCH3 is 1. The third-order valence-corrected chi connectivity index (χ3v) is 10.1. The Morgan fingerprint density at radius 1 is 1.00 bits per heavy atom. The van der Waals surface area contributed by atoms with Crippen molar-refractivity contribution in [2.75, 3.05) is 7.11 Å². The number of hydrogen-bond acceptors (Lipinski definition) is 4. The van der Waals surface area contributed by atoms with E-state index in [4.69, 9.17) is 4.74 Å². The average Bonchev–Trinajstić information content (AvgIpc) is 3.25. The third kappa shape index (κ3) is 2.57. The highest BCUT2D eigenvalue weighted by Gasteiger charge is 2.67. The number of rotatable bonds is 2. The largest absolute Gasteiger partial charge is 0.393 e. The lowest BCUT2D eigenvalue weighted by atomic mass is 9.46. The summed E-state index contributed by atoms with van der Waals surface area (Å²) in [6.07, 6.45) is 10.8. The number of hydrogen-bond donors (Lipinski definition) is 1. The molecule has 4 heteroatoms. The Hall–Kier alpha value is -1.00. The Balaban J connectivity index is 1.54. The Morgan fingerprint density at radius 3 is 2.41 bits per heavy atom. The van der Waals surface area contributed by atoms with Gasteiger partial charge in [-0.3, -0.25) is 9.59 Å². The van der Waals surface area contributed by atoms with E-state index in [9.17, 15) is 14.7 Å². The molecule has 4 fully saturated rings. The zero-order valence-corrected chi connectivity index (χ0v) is 18.2. The highest BCUT2D eigenvalue weighted by atomic mass is 16.5. The van der Waals surface area contributed by atoms with E-state index < -0.39 is 0 Å². The van der Waals surface area contributed by atoms with Crippen molar-refractivity contribution >= 4 is 11.6 Å². The second-order valence-corrected chi connectivity index (χ2v) is 11.2. The van der Waals surface area contributed by atoms with Crippen LogP contribution in [-0.2, 0) is 14.3 Å². The van der Waals surface area contributed by atoms with Crippen LogP contribution in [0.25, 0.3) is 0 Å². The number of carbonyl (C=O) groups excluding carboxylic acids is 2. The van der Waals surface area contributed by atoms with E-state index in [0.29, 0.717) is 24.5 Å². The number of allylic oxidation sites excluding steroid dienone is 1. The molecule has 160 valence electrons. The summed E-state index contributed by atoms with van der Waals surface area (Å²) in [6, 6.07) is 0. The van der Waals surface area contributed by atoms with Crippen molar-refractivity contribution < 1.29 is 19.4 Å². The molecular weight excluding hydrogens is 364 g/mol. The highest BCUT2D eigenvalue weighted by molar-refractivity contribution is 5.96. The summed E-state index contributed by atoms with van der Waals surface area (Å²) >= 11 is 0. The fourth-order valence-corrected chi connectivity index (χ4v) is 8.66. The SMILES string of the molecule is COC1(C2C(=O)C[C@H]3[C@@H]4C(=O)C=C5CC(O)CC[C@]5(C)[C@@H]4CC[C@]23C)CCCC1. The smallest absolute Gasteiger partial charge is 0.159 e. The number of Topliss-reactive ketones (excluding diaryl/α,β-unsaturated/α-hetero) is 1. The molecule has 5 rings (SSSR count). The minimum absolute atomic E-state index is 0.00652. The van der Waals surface area contributed by atoms with Gasteiger partial charge in [0.25, 0.3) is 0 Å². The number of aliphatic hydroxyl groups is 1. The first kappa shape index (κ1) is 19.9. The molecule has 4 nitrogen and oxygen atoms in total. The lowest BCUT2D eigenvalue weighted by Gasteiger charge is -2.57. The Labute approximate surface area is 174 Å². The van der Waals surface area contributed by atoms with Crippen molar-refractivity contribution in [2.45, 2.75) is 89.8 Å². The van der Waals surface area contributed by atoms with Crippen LogP contribution in [-0.4, -0.2) is 35.5 Å². The summed E-state index contributed by atoms with van der Waals surface area (Å²) in [4.78, 5) is 26.8. The summed E-state index contributed by atoms with van der Waals surface area (Å²) in [5.41, 5.74) is 0.720. The van der Waals surface area contributed by atoms with Gasteiger partial charge in [0.05, 0.1) is 17.6 Å². The molecule has 5 aliphatic rings. The van der Waals surface area contributed by atoms with Crippen molar-refractivity contribution in [2.24, 2.45) is 34.5 Å². The maximum Gasteiger partial charge on any atom is 0.159 e. The van der Waals surface area contributed by atoms with Crippen molar-refractivity contribution in [3.8, 4) is 0 Å². The molecule has 0 radical (unpaired) electrons. The first-order valence-corrected chi connectivity index (χ1v) is 11.8. The summed E-state index contributed by atoms with van der Waals surface area (Å²) < 4.78 is 6.10. The topological polar surface area (TPSA) is 63.6 Å². The van der Waals surface area contributed by atoms with Crippen molar-refractivity contribution in [3.05, 3.63) is 11.6 Å². The van der Waals surface area contributed by atoms with Crippen LogP contribution in [0, 0.1) is 34.5 Å². The van der Waals surface area contributed by atoms with E-state index in [0.717, 1.165) is 56.9 Å². The molecular formula is C25H36O4. The van der Waals surface area contributed by atoms with Gasteiger partial charge < -0.3 is 9.84 Å². The monoisotopic (exact) mass is 400 g/mol. The van der Waals surface area contributed by atoms with Crippen LogP contribution in [0.15, 0.2) is 11.6 Å². The predicted molar refractivity (Wildman–Crippen MR) is 110 cm³/mol. The second-order valence-electron chi connectivity index (χ2n) is 11.2. The molecule has 0 aromatic heterocycles. The van der Waals surface area contributed by atoms with Crippen LogP contribution >= 0.6 is 0 Å². The Bertz CT molecular complexity index is 763. The Kier molecular flexibility index (Phi) is 4.47. The maximum absolute atomic E-state index is 13.4. The minimum Gasteiger partial charge on any atom is -0.393 e. The summed E-state index contributed by atoms with van der Waals surface area (Å²) in [5, 5.41) is 10.2. The molecule has 0 saturated heterocycles. The fourth-order valence-electron chi connectivity index (χ4n) is 8.66. The number of ketones is 2.